The van der Waals surface area contributed by atoms with Crippen LogP contribution in [0, 0.1) is 6.92 Å². The van der Waals surface area contributed by atoms with Crippen molar-refractivity contribution in [2.45, 2.75) is 70.7 Å². The summed E-state index contributed by atoms with van der Waals surface area (Å²) in [7, 11) is 0. The molecule has 2 unspecified atom stereocenters. The molecule has 4 N–H and O–H groups in total. The van der Waals surface area contributed by atoms with E-state index in [0.29, 0.717) is 29.1 Å². The van der Waals surface area contributed by atoms with Gasteiger partial charge in [-0.3, -0.25) is 14.4 Å². The molecule has 2 atom stereocenters. The smallest absolute Gasteiger partial charge is 0.408 e. The SMILES string of the molecule is Cc1cccc(Cl)c1NC(=O)C(c1ccccc1)N(C(=O)C(CC(N)=O)NC(=O)OC(C)(C)C)C1CC1. The van der Waals surface area contributed by atoms with Gasteiger partial charge in [-0.05, 0) is 57.7 Å². The fourth-order valence-corrected chi connectivity index (χ4v) is 4.23. The molecule has 2 aromatic carbocycles. The van der Waals surface area contributed by atoms with Crippen LogP contribution < -0.4 is 16.4 Å². The molecule has 0 aliphatic heterocycles. The van der Waals surface area contributed by atoms with Crippen LogP contribution in [0.15, 0.2) is 48.5 Å². The first-order chi connectivity index (χ1) is 17.4. The molecular weight excluding hydrogens is 496 g/mol. The first kappa shape index (κ1) is 28.0. The molecule has 0 radical (unpaired) electrons. The third-order valence-electron chi connectivity index (χ3n) is 5.70. The van der Waals surface area contributed by atoms with E-state index >= 15 is 0 Å². The molecule has 1 aliphatic rings. The quantitative estimate of drug-likeness (QED) is 0.451. The lowest BCUT2D eigenvalue weighted by Gasteiger charge is -2.34. The average molecular weight is 529 g/mol. The number of carbonyl (C=O) groups excluding carboxylic acids is 4. The predicted molar refractivity (Wildman–Crippen MR) is 141 cm³/mol. The van der Waals surface area contributed by atoms with E-state index < -0.39 is 47.9 Å². The van der Waals surface area contributed by atoms with Crippen molar-refractivity contribution in [2.24, 2.45) is 5.73 Å². The monoisotopic (exact) mass is 528 g/mol. The Morgan fingerprint density at radius 2 is 1.73 bits per heavy atom. The second-order valence-corrected chi connectivity index (χ2v) is 10.5. The number of aryl methyl sites for hydroxylation is 1. The van der Waals surface area contributed by atoms with E-state index in [1.165, 1.54) is 4.90 Å². The Morgan fingerprint density at radius 3 is 2.27 bits per heavy atom. The van der Waals surface area contributed by atoms with E-state index in [1.807, 2.05) is 13.0 Å². The van der Waals surface area contributed by atoms with E-state index in [2.05, 4.69) is 10.6 Å². The van der Waals surface area contributed by atoms with Crippen molar-refractivity contribution < 1.29 is 23.9 Å². The van der Waals surface area contributed by atoms with Crippen LogP contribution in [0.4, 0.5) is 10.5 Å². The van der Waals surface area contributed by atoms with Crippen LogP contribution in [0.5, 0.6) is 0 Å². The molecule has 0 heterocycles. The number of alkyl carbamates (subject to hydrolysis) is 1. The second kappa shape index (κ2) is 11.6. The Hall–Kier alpha value is -3.59. The third-order valence-corrected chi connectivity index (χ3v) is 6.02. The van der Waals surface area contributed by atoms with Gasteiger partial charge in [0.05, 0.1) is 17.1 Å². The number of carbonyl (C=O) groups is 4. The van der Waals surface area contributed by atoms with Crippen molar-refractivity contribution in [1.29, 1.82) is 0 Å². The van der Waals surface area contributed by atoms with Gasteiger partial charge in [-0.25, -0.2) is 4.79 Å². The number of hydrogen-bond donors (Lipinski definition) is 3. The molecule has 9 nitrogen and oxygen atoms in total. The molecule has 1 fully saturated rings. The van der Waals surface area contributed by atoms with Gasteiger partial charge in [0.15, 0.2) is 0 Å². The number of amides is 4. The normalized spacial score (nSPS) is 14.7. The van der Waals surface area contributed by atoms with Crippen LogP contribution in [-0.4, -0.2) is 46.4 Å². The number of benzene rings is 2. The topological polar surface area (TPSA) is 131 Å². The number of para-hydroxylation sites is 1. The molecule has 2 aromatic rings. The van der Waals surface area contributed by atoms with E-state index in [1.54, 1.807) is 63.2 Å². The summed E-state index contributed by atoms with van der Waals surface area (Å²) >= 11 is 6.35. The Balaban J connectivity index is 1.99. The number of ether oxygens (including phenoxy) is 1. The number of nitrogens with zero attached hydrogens (tertiary/aromatic N) is 1. The minimum absolute atomic E-state index is 0.258. The van der Waals surface area contributed by atoms with Crippen molar-refractivity contribution in [1.82, 2.24) is 10.2 Å². The first-order valence-corrected chi connectivity index (χ1v) is 12.5. The summed E-state index contributed by atoms with van der Waals surface area (Å²) in [6.45, 7) is 6.86. The number of rotatable bonds is 9. The highest BCUT2D eigenvalue weighted by atomic mass is 35.5. The fourth-order valence-electron chi connectivity index (χ4n) is 3.96. The van der Waals surface area contributed by atoms with Crippen LogP contribution >= 0.6 is 11.6 Å². The van der Waals surface area contributed by atoms with Crippen LogP contribution in [0.25, 0.3) is 0 Å². The number of nitrogens with one attached hydrogen (secondary N) is 2. The van der Waals surface area contributed by atoms with Crippen molar-refractivity contribution in [3.05, 3.63) is 64.7 Å². The second-order valence-electron chi connectivity index (χ2n) is 10.1. The molecule has 0 aromatic heterocycles. The summed E-state index contributed by atoms with van der Waals surface area (Å²) in [5.74, 6) is -1.86. The maximum absolute atomic E-state index is 13.9. The molecule has 37 heavy (non-hydrogen) atoms. The van der Waals surface area contributed by atoms with Gasteiger partial charge < -0.3 is 26.0 Å². The molecule has 1 saturated carbocycles. The van der Waals surface area contributed by atoms with Gasteiger partial charge in [-0.15, -0.1) is 0 Å². The van der Waals surface area contributed by atoms with Crippen molar-refractivity contribution in [2.75, 3.05) is 5.32 Å². The van der Waals surface area contributed by atoms with Crippen LogP contribution in [0.2, 0.25) is 5.02 Å². The van der Waals surface area contributed by atoms with Gasteiger partial charge in [0.25, 0.3) is 5.91 Å². The minimum atomic E-state index is -1.31. The number of hydrogen-bond acceptors (Lipinski definition) is 5. The maximum Gasteiger partial charge on any atom is 0.408 e. The molecule has 10 heteroatoms. The predicted octanol–water partition coefficient (Wildman–Crippen LogP) is 4.09. The summed E-state index contributed by atoms with van der Waals surface area (Å²) in [6, 6.07) is 11.5. The van der Waals surface area contributed by atoms with E-state index in [0.717, 1.165) is 5.56 Å². The third kappa shape index (κ3) is 7.69. The zero-order valence-electron chi connectivity index (χ0n) is 21.4. The highest BCUT2D eigenvalue weighted by molar-refractivity contribution is 6.34. The summed E-state index contributed by atoms with van der Waals surface area (Å²) in [4.78, 5) is 53.5. The molecular formula is C27H33ClN4O5. The fraction of sp³-hybridized carbons (Fsp3) is 0.407. The first-order valence-electron chi connectivity index (χ1n) is 12.1. The van der Waals surface area contributed by atoms with Gasteiger partial charge in [-0.1, -0.05) is 54.1 Å². The number of anilines is 1. The van der Waals surface area contributed by atoms with Crippen molar-refractivity contribution in [3.63, 3.8) is 0 Å². The lowest BCUT2D eigenvalue weighted by atomic mass is 10.0. The van der Waals surface area contributed by atoms with E-state index in [-0.39, 0.29) is 6.04 Å². The van der Waals surface area contributed by atoms with Gasteiger partial charge in [0.2, 0.25) is 11.8 Å². The summed E-state index contributed by atoms with van der Waals surface area (Å²) < 4.78 is 5.29. The summed E-state index contributed by atoms with van der Waals surface area (Å²) in [6.07, 6.45) is 0.0238. The summed E-state index contributed by atoms with van der Waals surface area (Å²) in [5.41, 5.74) is 6.37. The average Bonchev–Trinajstić information content (AvgIpc) is 3.63. The number of nitrogens with two attached hydrogens (primary N) is 1. The van der Waals surface area contributed by atoms with Crippen molar-refractivity contribution >= 4 is 41.1 Å². The minimum Gasteiger partial charge on any atom is -0.444 e. The van der Waals surface area contributed by atoms with Crippen LogP contribution in [0.3, 0.4) is 0 Å². The maximum atomic E-state index is 13.9. The van der Waals surface area contributed by atoms with Gasteiger partial charge in [0, 0.05) is 6.04 Å². The zero-order chi connectivity index (χ0) is 27.3. The largest absolute Gasteiger partial charge is 0.444 e. The Labute approximate surface area is 221 Å². The van der Waals surface area contributed by atoms with Crippen LogP contribution in [0.1, 0.15) is 57.2 Å². The Kier molecular flexibility index (Phi) is 8.81. The standard InChI is InChI=1S/C27H33ClN4O5/c1-16-9-8-12-19(28)22(16)31-24(34)23(17-10-6-5-7-11-17)32(18-13-14-18)25(35)20(15-21(29)33)30-26(36)37-27(2,3)4/h5-12,18,20,23H,13-15H2,1-4H3,(H2,29,33)(H,30,36)(H,31,34). The lowest BCUT2D eigenvalue weighted by molar-refractivity contribution is -0.142. The molecule has 198 valence electrons. The molecule has 0 bridgehead atoms. The number of primary amides is 1. The Bertz CT molecular complexity index is 1140. The zero-order valence-corrected chi connectivity index (χ0v) is 22.2. The molecule has 0 saturated heterocycles. The number of halogens is 1. The lowest BCUT2D eigenvalue weighted by Crippen LogP contribution is -2.54. The highest BCUT2D eigenvalue weighted by Gasteiger charge is 2.44. The van der Waals surface area contributed by atoms with Crippen molar-refractivity contribution in [3.8, 4) is 0 Å². The molecule has 0 spiro atoms. The van der Waals surface area contributed by atoms with E-state index in [4.69, 9.17) is 22.1 Å². The summed E-state index contributed by atoms with van der Waals surface area (Å²) in [5, 5.41) is 5.72. The Morgan fingerprint density at radius 1 is 1.08 bits per heavy atom. The van der Waals surface area contributed by atoms with Crippen LogP contribution in [-0.2, 0) is 19.1 Å². The van der Waals surface area contributed by atoms with E-state index in [9.17, 15) is 19.2 Å². The van der Waals surface area contributed by atoms with Gasteiger partial charge in [-0.2, -0.15) is 0 Å². The van der Waals surface area contributed by atoms with Gasteiger partial charge >= 0.3 is 6.09 Å². The molecule has 1 aliphatic carbocycles. The van der Waals surface area contributed by atoms with Gasteiger partial charge in [0.1, 0.15) is 17.7 Å². The molecule has 4 amide bonds. The highest BCUT2D eigenvalue weighted by Crippen LogP contribution is 2.37. The molecule has 3 rings (SSSR count).